The third kappa shape index (κ3) is 3.57. The average Bonchev–Trinajstić information content (AvgIpc) is 3.48. The van der Waals surface area contributed by atoms with Crippen LogP contribution in [0, 0.1) is 0 Å². The Morgan fingerprint density at radius 1 is 1.25 bits per heavy atom. The van der Waals surface area contributed by atoms with Crippen molar-refractivity contribution in [3.05, 3.63) is 41.3 Å². The number of carbonyl (C=O) groups excluding carboxylic acids is 1. The van der Waals surface area contributed by atoms with E-state index in [1.807, 2.05) is 22.4 Å². The Balaban J connectivity index is 1.50. The number of benzene rings is 1. The molecular weight excluding hydrogens is 378 g/mol. The van der Waals surface area contributed by atoms with Gasteiger partial charge in [0.2, 0.25) is 5.82 Å². The summed E-state index contributed by atoms with van der Waals surface area (Å²) >= 11 is 1.58. The molecule has 0 bridgehead atoms. The molecule has 1 saturated heterocycles. The molecule has 28 heavy (non-hydrogen) atoms. The Morgan fingerprint density at radius 3 is 2.86 bits per heavy atom. The Bertz CT molecular complexity index is 956. The number of rotatable bonds is 6. The minimum absolute atomic E-state index is 0.0259. The molecule has 9 heteroatoms. The van der Waals surface area contributed by atoms with Crippen LogP contribution in [0.2, 0.25) is 0 Å². The molecule has 1 aliphatic heterocycles. The zero-order valence-electron chi connectivity index (χ0n) is 15.7. The fourth-order valence-corrected chi connectivity index (χ4v) is 4.09. The molecule has 1 fully saturated rings. The van der Waals surface area contributed by atoms with E-state index in [0.29, 0.717) is 36.0 Å². The summed E-state index contributed by atoms with van der Waals surface area (Å²) in [7, 11) is 3.14. The van der Waals surface area contributed by atoms with E-state index in [1.54, 1.807) is 48.6 Å². The molecule has 1 aromatic carbocycles. The number of hydrogen-bond acceptors (Lipinski definition) is 7. The van der Waals surface area contributed by atoms with E-state index in [2.05, 4.69) is 15.4 Å². The second-order valence-corrected chi connectivity index (χ2v) is 7.46. The van der Waals surface area contributed by atoms with Gasteiger partial charge in [0.15, 0.2) is 11.5 Å². The van der Waals surface area contributed by atoms with Gasteiger partial charge in [0.1, 0.15) is 0 Å². The summed E-state index contributed by atoms with van der Waals surface area (Å²) in [5.41, 5.74) is 0.579. The fraction of sp³-hybridized carbons (Fsp3) is 0.368. The van der Waals surface area contributed by atoms with Crippen LogP contribution in [-0.4, -0.2) is 57.8 Å². The van der Waals surface area contributed by atoms with Crippen LogP contribution < -0.4 is 9.47 Å². The summed E-state index contributed by atoms with van der Waals surface area (Å²) in [6, 6.07) is 9.20. The first-order chi connectivity index (χ1) is 13.7. The van der Waals surface area contributed by atoms with Crippen LogP contribution in [0.3, 0.4) is 0 Å². The highest BCUT2D eigenvalue weighted by Gasteiger charge is 2.31. The van der Waals surface area contributed by atoms with Gasteiger partial charge in [0, 0.05) is 12.1 Å². The molecule has 3 aromatic rings. The van der Waals surface area contributed by atoms with Crippen molar-refractivity contribution in [2.24, 2.45) is 0 Å². The second-order valence-electron chi connectivity index (χ2n) is 6.51. The van der Waals surface area contributed by atoms with Crippen molar-refractivity contribution in [2.45, 2.75) is 25.4 Å². The maximum atomic E-state index is 13.1. The lowest BCUT2D eigenvalue weighted by molar-refractivity contribution is 0.0717. The minimum Gasteiger partial charge on any atom is -0.493 e. The number of tetrazole rings is 1. The van der Waals surface area contributed by atoms with Crippen molar-refractivity contribution in [1.29, 1.82) is 0 Å². The van der Waals surface area contributed by atoms with Gasteiger partial charge >= 0.3 is 0 Å². The summed E-state index contributed by atoms with van der Waals surface area (Å²) in [6.45, 7) is 1.24. The number of amides is 1. The van der Waals surface area contributed by atoms with E-state index in [0.717, 1.165) is 17.7 Å². The molecule has 1 aliphatic rings. The van der Waals surface area contributed by atoms with Crippen LogP contribution in [0.4, 0.5) is 0 Å². The van der Waals surface area contributed by atoms with Crippen molar-refractivity contribution < 1.29 is 14.3 Å². The quantitative estimate of drug-likeness (QED) is 0.634. The number of likely N-dealkylation sites (tertiary alicyclic amines) is 1. The fourth-order valence-electron chi connectivity index (χ4n) is 3.44. The molecule has 2 aromatic heterocycles. The number of carbonyl (C=O) groups is 1. The minimum atomic E-state index is -0.0259. The summed E-state index contributed by atoms with van der Waals surface area (Å²) in [6.07, 6.45) is 1.87. The highest BCUT2D eigenvalue weighted by Crippen LogP contribution is 2.29. The largest absolute Gasteiger partial charge is 0.493 e. The van der Waals surface area contributed by atoms with Gasteiger partial charge in [-0.15, -0.1) is 21.5 Å². The molecule has 8 nitrogen and oxygen atoms in total. The first-order valence-corrected chi connectivity index (χ1v) is 9.92. The zero-order valence-corrected chi connectivity index (χ0v) is 16.6. The van der Waals surface area contributed by atoms with Gasteiger partial charge in [-0.05, 0) is 47.7 Å². The number of aromatic nitrogens is 4. The predicted octanol–water partition coefficient (Wildman–Crippen LogP) is 2.72. The zero-order chi connectivity index (χ0) is 19.5. The van der Waals surface area contributed by atoms with Crippen LogP contribution >= 0.6 is 11.3 Å². The van der Waals surface area contributed by atoms with Crippen molar-refractivity contribution in [3.8, 4) is 22.2 Å². The Morgan fingerprint density at radius 2 is 2.11 bits per heavy atom. The third-order valence-electron chi connectivity index (χ3n) is 4.84. The second kappa shape index (κ2) is 7.97. The molecule has 146 valence electrons. The lowest BCUT2D eigenvalue weighted by atomic mass is 10.1. The Labute approximate surface area is 166 Å². The number of methoxy groups -OCH3 is 2. The number of nitrogens with zero attached hydrogens (tertiary/aromatic N) is 5. The van der Waals surface area contributed by atoms with E-state index >= 15 is 0 Å². The van der Waals surface area contributed by atoms with Crippen molar-refractivity contribution in [3.63, 3.8) is 0 Å². The summed E-state index contributed by atoms with van der Waals surface area (Å²) < 4.78 is 10.6. The Hall–Kier alpha value is -2.94. The molecule has 1 amide bonds. The molecule has 0 unspecified atom stereocenters. The molecule has 3 heterocycles. The Kier molecular flexibility index (Phi) is 5.25. The van der Waals surface area contributed by atoms with Crippen LogP contribution in [0.1, 0.15) is 23.2 Å². The van der Waals surface area contributed by atoms with Gasteiger partial charge < -0.3 is 14.4 Å². The topological polar surface area (TPSA) is 82.4 Å². The van der Waals surface area contributed by atoms with E-state index in [4.69, 9.17) is 9.47 Å². The van der Waals surface area contributed by atoms with Gasteiger partial charge in [-0.2, -0.15) is 4.80 Å². The van der Waals surface area contributed by atoms with Crippen molar-refractivity contribution >= 4 is 17.2 Å². The maximum absolute atomic E-state index is 13.1. The number of hydrogen-bond donors (Lipinski definition) is 0. The lowest BCUT2D eigenvalue weighted by Gasteiger charge is -2.24. The molecule has 0 saturated carbocycles. The van der Waals surface area contributed by atoms with Crippen LogP contribution in [0.15, 0.2) is 35.7 Å². The SMILES string of the molecule is COc1ccc(C(=O)N2CCC[C@@H]2Cn2nnc(-c3cccs3)n2)cc1OC. The van der Waals surface area contributed by atoms with Crippen molar-refractivity contribution in [1.82, 2.24) is 25.1 Å². The molecule has 0 aliphatic carbocycles. The highest BCUT2D eigenvalue weighted by atomic mass is 32.1. The average molecular weight is 399 g/mol. The lowest BCUT2D eigenvalue weighted by Crippen LogP contribution is -2.38. The maximum Gasteiger partial charge on any atom is 0.254 e. The molecular formula is C19H21N5O3S. The smallest absolute Gasteiger partial charge is 0.254 e. The molecule has 0 spiro atoms. The first-order valence-electron chi connectivity index (χ1n) is 9.04. The van der Waals surface area contributed by atoms with Gasteiger partial charge in [-0.1, -0.05) is 6.07 Å². The van der Waals surface area contributed by atoms with Gasteiger partial charge in [-0.25, -0.2) is 0 Å². The number of ether oxygens (including phenoxy) is 2. The van der Waals surface area contributed by atoms with Gasteiger partial charge in [0.25, 0.3) is 5.91 Å². The van der Waals surface area contributed by atoms with Crippen LogP contribution in [0.25, 0.3) is 10.7 Å². The normalized spacial score (nSPS) is 16.4. The molecule has 4 rings (SSSR count). The number of thiophene rings is 1. The molecule has 1 atom stereocenters. The monoisotopic (exact) mass is 399 g/mol. The summed E-state index contributed by atoms with van der Waals surface area (Å²) in [5.74, 6) is 1.74. The standard InChI is InChI=1S/C19H21N5O3S/c1-26-15-8-7-13(11-16(15)27-2)19(25)23-9-3-5-14(23)12-24-21-18(20-22-24)17-6-4-10-28-17/h4,6-8,10-11,14H,3,5,9,12H2,1-2H3/t14-/m1/s1. The molecule has 0 N–H and O–H groups in total. The third-order valence-corrected chi connectivity index (χ3v) is 5.70. The van der Waals surface area contributed by atoms with Gasteiger partial charge in [-0.3, -0.25) is 4.79 Å². The van der Waals surface area contributed by atoms with Crippen LogP contribution in [-0.2, 0) is 6.54 Å². The highest BCUT2D eigenvalue weighted by molar-refractivity contribution is 7.13. The van der Waals surface area contributed by atoms with Crippen molar-refractivity contribution in [2.75, 3.05) is 20.8 Å². The van der Waals surface area contributed by atoms with E-state index in [9.17, 15) is 4.79 Å². The van der Waals surface area contributed by atoms with E-state index in [1.165, 1.54) is 0 Å². The van der Waals surface area contributed by atoms with E-state index < -0.39 is 0 Å². The first kappa shape index (κ1) is 18.4. The molecule has 0 radical (unpaired) electrons. The summed E-state index contributed by atoms with van der Waals surface area (Å²) in [5, 5.41) is 14.7. The van der Waals surface area contributed by atoms with Crippen LogP contribution in [0.5, 0.6) is 11.5 Å². The van der Waals surface area contributed by atoms with E-state index in [-0.39, 0.29) is 11.9 Å². The summed E-state index contributed by atoms with van der Waals surface area (Å²) in [4.78, 5) is 17.5. The predicted molar refractivity (Wildman–Crippen MR) is 105 cm³/mol. The van der Waals surface area contributed by atoms with Gasteiger partial charge in [0.05, 0.1) is 31.7 Å².